The van der Waals surface area contributed by atoms with Gasteiger partial charge in [0.15, 0.2) is 0 Å². The molecule has 1 aliphatic heterocycles. The number of rotatable bonds is 2. The minimum atomic E-state index is -1.00. The van der Waals surface area contributed by atoms with Crippen molar-refractivity contribution in [3.63, 3.8) is 0 Å². The number of benzene rings is 1. The van der Waals surface area contributed by atoms with Gasteiger partial charge < -0.3 is 4.42 Å². The van der Waals surface area contributed by atoms with Gasteiger partial charge in [-0.1, -0.05) is 12.1 Å². The average molecular weight is 314 g/mol. The lowest BCUT2D eigenvalue weighted by Gasteiger charge is -2.26. The van der Waals surface area contributed by atoms with E-state index in [1.165, 1.54) is 24.3 Å². The molecule has 116 valence electrons. The number of hydrogen-bond acceptors (Lipinski definition) is 4. The smallest absolute Gasteiger partial charge is 0.336 e. The second-order valence-corrected chi connectivity index (χ2v) is 4.86. The Labute approximate surface area is 130 Å². The van der Waals surface area contributed by atoms with Crippen molar-refractivity contribution in [2.75, 3.05) is 4.90 Å². The Morgan fingerprint density at radius 2 is 1.87 bits per heavy atom. The molecule has 0 aliphatic carbocycles. The number of carbonyl (C=O) groups is 3. The zero-order valence-electron chi connectivity index (χ0n) is 12.0. The van der Waals surface area contributed by atoms with Gasteiger partial charge in [0, 0.05) is 0 Å². The molecule has 0 spiro atoms. The molecule has 0 saturated carbocycles. The van der Waals surface area contributed by atoms with Crippen LogP contribution >= 0.6 is 0 Å². The van der Waals surface area contributed by atoms with Crippen molar-refractivity contribution in [3.8, 4) is 0 Å². The number of aryl methyl sites for hydroxylation is 1. The monoisotopic (exact) mass is 314 g/mol. The van der Waals surface area contributed by atoms with E-state index in [1.807, 2.05) is 5.32 Å². The summed E-state index contributed by atoms with van der Waals surface area (Å²) < 4.78 is 19.2. The highest BCUT2D eigenvalue weighted by atomic mass is 19.1. The minimum Gasteiger partial charge on any atom is -0.462 e. The van der Waals surface area contributed by atoms with Gasteiger partial charge in [0.2, 0.25) is 0 Å². The van der Waals surface area contributed by atoms with Gasteiger partial charge in [-0.3, -0.25) is 14.9 Å². The molecule has 0 radical (unpaired) electrons. The van der Waals surface area contributed by atoms with Crippen molar-refractivity contribution < 1.29 is 23.2 Å². The maximum Gasteiger partial charge on any atom is 0.336 e. The van der Waals surface area contributed by atoms with Crippen LogP contribution in [0.1, 0.15) is 11.5 Å². The highest BCUT2D eigenvalue weighted by Gasteiger charge is 2.38. The van der Waals surface area contributed by atoms with E-state index in [4.69, 9.17) is 4.42 Å². The number of carbonyl (C=O) groups excluding carboxylic acids is 3. The molecule has 4 amide bonds. The lowest BCUT2D eigenvalue weighted by Crippen LogP contribution is -2.54. The number of barbiturate groups is 1. The van der Waals surface area contributed by atoms with E-state index in [0.717, 1.165) is 6.07 Å². The molecular formula is C16H11FN2O4. The van der Waals surface area contributed by atoms with Gasteiger partial charge in [0.1, 0.15) is 22.9 Å². The van der Waals surface area contributed by atoms with Crippen LogP contribution in [0.4, 0.5) is 14.9 Å². The molecular weight excluding hydrogens is 303 g/mol. The summed E-state index contributed by atoms with van der Waals surface area (Å²) in [5.74, 6) is -1.65. The van der Waals surface area contributed by atoms with E-state index < -0.39 is 23.7 Å². The van der Waals surface area contributed by atoms with Crippen molar-refractivity contribution >= 4 is 29.6 Å². The Morgan fingerprint density at radius 1 is 1.13 bits per heavy atom. The van der Waals surface area contributed by atoms with E-state index in [2.05, 4.69) is 0 Å². The maximum absolute atomic E-state index is 13.9. The molecule has 1 fully saturated rings. The zero-order valence-corrected chi connectivity index (χ0v) is 12.0. The first-order chi connectivity index (χ1) is 11.0. The standard InChI is InChI=1S/C16H11FN2O4/c1-9-6-7-10(23-9)8-11-14(20)18-16(22)19(15(11)21)13-5-3-2-4-12(13)17/h2-8H,1H3,(H,18,20,22). The predicted octanol–water partition coefficient (Wildman–Crippen LogP) is 2.39. The SMILES string of the molecule is Cc1ccc(C=C2C(=O)NC(=O)N(c3ccccc3F)C2=O)o1. The molecule has 2 aromatic rings. The highest BCUT2D eigenvalue weighted by molar-refractivity contribution is 6.39. The third kappa shape index (κ3) is 2.64. The lowest BCUT2D eigenvalue weighted by atomic mass is 10.1. The number of nitrogens with one attached hydrogen (secondary N) is 1. The second kappa shape index (κ2) is 5.53. The van der Waals surface area contributed by atoms with Crippen LogP contribution in [0.25, 0.3) is 6.08 Å². The van der Waals surface area contributed by atoms with Crippen LogP contribution in [0.15, 0.2) is 46.4 Å². The number of amides is 4. The van der Waals surface area contributed by atoms with Crippen LogP contribution in [0.3, 0.4) is 0 Å². The van der Waals surface area contributed by atoms with Crippen LogP contribution < -0.4 is 10.2 Å². The van der Waals surface area contributed by atoms with Crippen molar-refractivity contribution in [1.29, 1.82) is 0 Å². The average Bonchev–Trinajstić information content (AvgIpc) is 2.91. The summed E-state index contributed by atoms with van der Waals surface area (Å²) in [4.78, 5) is 36.9. The van der Waals surface area contributed by atoms with Crippen LogP contribution in [0, 0.1) is 12.7 Å². The van der Waals surface area contributed by atoms with Crippen LogP contribution in [-0.2, 0) is 9.59 Å². The number of halogens is 1. The van der Waals surface area contributed by atoms with E-state index in [0.29, 0.717) is 10.7 Å². The zero-order chi connectivity index (χ0) is 16.6. The topological polar surface area (TPSA) is 79.6 Å². The predicted molar refractivity (Wildman–Crippen MR) is 78.8 cm³/mol. The number of furan rings is 1. The molecule has 1 aliphatic rings. The van der Waals surface area contributed by atoms with E-state index in [1.54, 1.807) is 19.1 Å². The molecule has 2 heterocycles. The molecule has 1 aromatic carbocycles. The molecule has 0 unspecified atom stereocenters. The van der Waals surface area contributed by atoms with Gasteiger partial charge in [0.05, 0.1) is 5.69 Å². The summed E-state index contributed by atoms with van der Waals surface area (Å²) in [5.41, 5.74) is -0.550. The fourth-order valence-electron chi connectivity index (χ4n) is 2.18. The molecule has 1 saturated heterocycles. The normalized spacial score (nSPS) is 16.9. The van der Waals surface area contributed by atoms with Crippen molar-refractivity contribution in [2.24, 2.45) is 0 Å². The summed E-state index contributed by atoms with van der Waals surface area (Å²) in [7, 11) is 0. The molecule has 23 heavy (non-hydrogen) atoms. The number of anilines is 1. The second-order valence-electron chi connectivity index (χ2n) is 4.86. The summed E-state index contributed by atoms with van der Waals surface area (Å²) in [6.07, 6.45) is 1.21. The van der Waals surface area contributed by atoms with Gasteiger partial charge in [-0.2, -0.15) is 0 Å². The fraction of sp³-hybridized carbons (Fsp3) is 0.0625. The minimum absolute atomic E-state index is 0.232. The quantitative estimate of drug-likeness (QED) is 0.682. The molecule has 3 rings (SSSR count). The molecule has 1 aromatic heterocycles. The number of hydrogen-bond donors (Lipinski definition) is 1. The van der Waals surface area contributed by atoms with Gasteiger partial charge in [-0.05, 0) is 37.3 Å². The highest BCUT2D eigenvalue weighted by Crippen LogP contribution is 2.24. The number of nitrogens with zero attached hydrogens (tertiary/aromatic N) is 1. The molecule has 7 heteroatoms. The largest absolute Gasteiger partial charge is 0.462 e. The third-order valence-electron chi connectivity index (χ3n) is 3.24. The van der Waals surface area contributed by atoms with Crippen LogP contribution in [0.2, 0.25) is 0 Å². The first-order valence-corrected chi connectivity index (χ1v) is 6.70. The molecule has 0 atom stereocenters. The van der Waals surface area contributed by atoms with E-state index in [9.17, 15) is 18.8 Å². The number of imide groups is 2. The van der Waals surface area contributed by atoms with Crippen LogP contribution in [0.5, 0.6) is 0 Å². The Balaban J connectivity index is 2.04. The maximum atomic E-state index is 13.9. The summed E-state index contributed by atoms with van der Waals surface area (Å²) >= 11 is 0. The number of para-hydroxylation sites is 1. The third-order valence-corrected chi connectivity index (χ3v) is 3.24. The van der Waals surface area contributed by atoms with E-state index >= 15 is 0 Å². The van der Waals surface area contributed by atoms with Crippen molar-refractivity contribution in [1.82, 2.24) is 5.32 Å². The summed E-state index contributed by atoms with van der Waals surface area (Å²) in [6.45, 7) is 1.71. The van der Waals surface area contributed by atoms with Gasteiger partial charge in [0.25, 0.3) is 11.8 Å². The molecule has 6 nitrogen and oxygen atoms in total. The first-order valence-electron chi connectivity index (χ1n) is 6.70. The van der Waals surface area contributed by atoms with Gasteiger partial charge in [-0.25, -0.2) is 14.1 Å². The lowest BCUT2D eigenvalue weighted by molar-refractivity contribution is -0.122. The van der Waals surface area contributed by atoms with E-state index in [-0.39, 0.29) is 17.0 Å². The molecule has 1 N–H and O–H groups in total. The van der Waals surface area contributed by atoms with Gasteiger partial charge in [-0.15, -0.1) is 0 Å². The summed E-state index contributed by atoms with van der Waals surface area (Å²) in [6, 6.07) is 7.54. The number of urea groups is 1. The Hall–Kier alpha value is -3.22. The van der Waals surface area contributed by atoms with Crippen molar-refractivity contribution in [3.05, 3.63) is 59.3 Å². The Kier molecular flexibility index (Phi) is 3.53. The van der Waals surface area contributed by atoms with Crippen molar-refractivity contribution in [2.45, 2.75) is 6.92 Å². The Bertz CT molecular complexity index is 853. The van der Waals surface area contributed by atoms with Gasteiger partial charge >= 0.3 is 6.03 Å². The first kappa shape index (κ1) is 14.7. The Morgan fingerprint density at radius 3 is 2.52 bits per heavy atom. The van der Waals surface area contributed by atoms with Crippen LogP contribution in [-0.4, -0.2) is 17.8 Å². The summed E-state index contributed by atoms with van der Waals surface area (Å²) in [5, 5.41) is 2.01. The fourth-order valence-corrected chi connectivity index (χ4v) is 2.18. The molecule has 0 bridgehead atoms.